The van der Waals surface area contributed by atoms with Crippen LogP contribution in [0.3, 0.4) is 0 Å². The Bertz CT molecular complexity index is 196. The SMILES string of the molecule is C=C1NC=C(CC(C)(C)C)N1. The molecule has 11 heavy (non-hydrogen) atoms. The Morgan fingerprint density at radius 2 is 2.09 bits per heavy atom. The van der Waals surface area contributed by atoms with Crippen LogP contribution in [0.5, 0.6) is 0 Å². The van der Waals surface area contributed by atoms with Crippen LogP contribution in [0.15, 0.2) is 24.3 Å². The maximum atomic E-state index is 3.76. The van der Waals surface area contributed by atoms with Crippen molar-refractivity contribution in [3.63, 3.8) is 0 Å². The summed E-state index contributed by atoms with van der Waals surface area (Å²) < 4.78 is 0. The maximum Gasteiger partial charge on any atom is 0.0995 e. The first-order chi connectivity index (χ1) is 4.97. The van der Waals surface area contributed by atoms with Gasteiger partial charge in [0.25, 0.3) is 0 Å². The first kappa shape index (κ1) is 8.18. The van der Waals surface area contributed by atoms with Gasteiger partial charge in [0.15, 0.2) is 0 Å². The van der Waals surface area contributed by atoms with Crippen LogP contribution in [0.25, 0.3) is 0 Å². The van der Waals surface area contributed by atoms with Gasteiger partial charge in [-0.15, -0.1) is 0 Å². The Kier molecular flexibility index (Phi) is 1.94. The normalized spacial score (nSPS) is 17.4. The van der Waals surface area contributed by atoms with E-state index in [1.807, 2.05) is 6.20 Å². The highest BCUT2D eigenvalue weighted by molar-refractivity contribution is 5.17. The Labute approximate surface area is 68.4 Å². The van der Waals surface area contributed by atoms with Crippen LogP contribution in [-0.4, -0.2) is 0 Å². The van der Waals surface area contributed by atoms with Crippen molar-refractivity contribution in [3.05, 3.63) is 24.3 Å². The molecule has 1 heterocycles. The largest absolute Gasteiger partial charge is 0.347 e. The lowest BCUT2D eigenvalue weighted by atomic mass is 9.91. The molecule has 1 aliphatic heterocycles. The second-order valence-corrected chi connectivity index (χ2v) is 4.15. The third kappa shape index (κ3) is 2.66. The summed E-state index contributed by atoms with van der Waals surface area (Å²) in [5.74, 6) is 0.879. The minimum atomic E-state index is 0.338. The first-order valence-corrected chi connectivity index (χ1v) is 3.89. The zero-order valence-corrected chi connectivity index (χ0v) is 7.49. The number of rotatable bonds is 1. The van der Waals surface area contributed by atoms with Gasteiger partial charge in [-0.3, -0.25) is 0 Å². The van der Waals surface area contributed by atoms with Gasteiger partial charge in [0.05, 0.1) is 5.82 Å². The van der Waals surface area contributed by atoms with E-state index in [4.69, 9.17) is 0 Å². The van der Waals surface area contributed by atoms with Crippen LogP contribution < -0.4 is 10.6 Å². The maximum absolute atomic E-state index is 3.76. The van der Waals surface area contributed by atoms with Gasteiger partial charge in [0.1, 0.15) is 0 Å². The molecule has 1 aliphatic rings. The van der Waals surface area contributed by atoms with Crippen molar-refractivity contribution in [1.29, 1.82) is 0 Å². The standard InChI is InChI=1S/C9H16N2/c1-7-10-6-8(11-7)5-9(2,3)4/h6,10-11H,1,5H2,2-4H3. The summed E-state index contributed by atoms with van der Waals surface area (Å²) in [6.45, 7) is 10.4. The van der Waals surface area contributed by atoms with Gasteiger partial charge in [0, 0.05) is 11.9 Å². The molecule has 0 radical (unpaired) electrons. The van der Waals surface area contributed by atoms with E-state index in [2.05, 4.69) is 38.0 Å². The average molecular weight is 152 g/mol. The second-order valence-electron chi connectivity index (χ2n) is 4.15. The number of nitrogens with one attached hydrogen (secondary N) is 2. The molecule has 0 amide bonds. The second kappa shape index (κ2) is 2.61. The zero-order valence-electron chi connectivity index (χ0n) is 7.49. The Balaban J connectivity index is 2.46. The van der Waals surface area contributed by atoms with Crippen molar-refractivity contribution in [2.75, 3.05) is 0 Å². The summed E-state index contributed by atoms with van der Waals surface area (Å²) in [6, 6.07) is 0. The number of hydrogen-bond donors (Lipinski definition) is 2. The van der Waals surface area contributed by atoms with E-state index in [0.717, 1.165) is 12.2 Å². The van der Waals surface area contributed by atoms with Crippen molar-refractivity contribution in [1.82, 2.24) is 10.6 Å². The fraction of sp³-hybridized carbons (Fsp3) is 0.556. The highest BCUT2D eigenvalue weighted by Crippen LogP contribution is 2.23. The summed E-state index contributed by atoms with van der Waals surface area (Å²) in [5, 5.41) is 6.19. The van der Waals surface area contributed by atoms with Gasteiger partial charge in [-0.25, -0.2) is 0 Å². The molecule has 0 aromatic heterocycles. The van der Waals surface area contributed by atoms with Gasteiger partial charge >= 0.3 is 0 Å². The third-order valence-corrected chi connectivity index (χ3v) is 1.45. The van der Waals surface area contributed by atoms with E-state index in [9.17, 15) is 0 Å². The monoisotopic (exact) mass is 152 g/mol. The molecule has 0 saturated heterocycles. The molecule has 0 aromatic carbocycles. The fourth-order valence-corrected chi connectivity index (χ4v) is 1.11. The summed E-state index contributed by atoms with van der Waals surface area (Å²) in [6.07, 6.45) is 3.03. The van der Waals surface area contributed by atoms with Crippen molar-refractivity contribution < 1.29 is 0 Å². The fourth-order valence-electron chi connectivity index (χ4n) is 1.11. The summed E-state index contributed by atoms with van der Waals surface area (Å²) >= 11 is 0. The van der Waals surface area contributed by atoms with E-state index in [1.54, 1.807) is 0 Å². The Hall–Kier alpha value is -0.920. The van der Waals surface area contributed by atoms with Crippen LogP contribution in [0.4, 0.5) is 0 Å². The first-order valence-electron chi connectivity index (χ1n) is 3.89. The predicted molar refractivity (Wildman–Crippen MR) is 47.6 cm³/mol. The van der Waals surface area contributed by atoms with Gasteiger partial charge in [-0.05, 0) is 11.8 Å². The van der Waals surface area contributed by atoms with Gasteiger partial charge in [0.2, 0.25) is 0 Å². The van der Waals surface area contributed by atoms with Gasteiger partial charge in [-0.2, -0.15) is 0 Å². The van der Waals surface area contributed by atoms with Crippen molar-refractivity contribution in [3.8, 4) is 0 Å². The molecule has 0 spiro atoms. The molecule has 0 fully saturated rings. The topological polar surface area (TPSA) is 24.1 Å². The lowest BCUT2D eigenvalue weighted by molar-refractivity contribution is 0.403. The minimum absolute atomic E-state index is 0.338. The molecule has 0 aliphatic carbocycles. The van der Waals surface area contributed by atoms with Crippen LogP contribution >= 0.6 is 0 Å². The van der Waals surface area contributed by atoms with E-state index in [-0.39, 0.29) is 0 Å². The highest BCUT2D eigenvalue weighted by atomic mass is 15.1. The van der Waals surface area contributed by atoms with E-state index in [0.29, 0.717) is 5.41 Å². The summed E-state index contributed by atoms with van der Waals surface area (Å²) in [5.41, 5.74) is 1.56. The smallest absolute Gasteiger partial charge is 0.0995 e. The zero-order chi connectivity index (χ0) is 8.48. The third-order valence-electron chi connectivity index (χ3n) is 1.45. The lowest BCUT2D eigenvalue weighted by Gasteiger charge is -2.18. The molecule has 2 heteroatoms. The molecule has 0 bridgehead atoms. The Morgan fingerprint density at radius 3 is 2.45 bits per heavy atom. The van der Waals surface area contributed by atoms with Gasteiger partial charge < -0.3 is 10.6 Å². The molecule has 2 nitrogen and oxygen atoms in total. The molecular formula is C9H16N2. The number of allylic oxidation sites excluding steroid dienone is 1. The van der Waals surface area contributed by atoms with Crippen molar-refractivity contribution >= 4 is 0 Å². The molecule has 0 saturated carbocycles. The lowest BCUT2D eigenvalue weighted by Crippen LogP contribution is -2.15. The quantitative estimate of drug-likeness (QED) is 0.600. The molecule has 0 unspecified atom stereocenters. The number of hydrogen-bond acceptors (Lipinski definition) is 2. The summed E-state index contributed by atoms with van der Waals surface area (Å²) in [7, 11) is 0. The minimum Gasteiger partial charge on any atom is -0.347 e. The van der Waals surface area contributed by atoms with Crippen LogP contribution in [-0.2, 0) is 0 Å². The van der Waals surface area contributed by atoms with Crippen LogP contribution in [0, 0.1) is 5.41 Å². The van der Waals surface area contributed by atoms with Gasteiger partial charge in [-0.1, -0.05) is 27.4 Å². The van der Waals surface area contributed by atoms with E-state index >= 15 is 0 Å². The van der Waals surface area contributed by atoms with Crippen molar-refractivity contribution in [2.24, 2.45) is 5.41 Å². The molecule has 1 rings (SSSR count). The molecule has 62 valence electrons. The van der Waals surface area contributed by atoms with Crippen LogP contribution in [0.1, 0.15) is 27.2 Å². The highest BCUT2D eigenvalue weighted by Gasteiger charge is 2.15. The predicted octanol–water partition coefficient (Wildman–Crippen LogP) is 1.93. The van der Waals surface area contributed by atoms with Crippen molar-refractivity contribution in [2.45, 2.75) is 27.2 Å². The summed E-state index contributed by atoms with van der Waals surface area (Å²) in [4.78, 5) is 0. The molecular weight excluding hydrogens is 136 g/mol. The molecule has 0 aromatic rings. The van der Waals surface area contributed by atoms with Crippen LogP contribution in [0.2, 0.25) is 0 Å². The van der Waals surface area contributed by atoms with E-state index in [1.165, 1.54) is 5.70 Å². The van der Waals surface area contributed by atoms with E-state index < -0.39 is 0 Å². The Morgan fingerprint density at radius 1 is 1.45 bits per heavy atom. The average Bonchev–Trinajstić information content (AvgIpc) is 2.10. The molecule has 0 atom stereocenters. The molecule has 2 N–H and O–H groups in total.